The molecule has 2 fully saturated rings. The third kappa shape index (κ3) is 1.78. The highest BCUT2D eigenvalue weighted by atomic mass is 32.2. The summed E-state index contributed by atoms with van der Waals surface area (Å²) in [7, 11) is 1.28. The number of rotatable bonds is 2. The number of thioether (sulfide) groups is 1. The molecule has 0 radical (unpaired) electrons. The summed E-state index contributed by atoms with van der Waals surface area (Å²) in [4.78, 5) is 24.3. The quantitative estimate of drug-likeness (QED) is 0.539. The highest BCUT2D eigenvalue weighted by molar-refractivity contribution is 8.01. The van der Waals surface area contributed by atoms with Crippen molar-refractivity contribution >= 4 is 23.7 Å². The van der Waals surface area contributed by atoms with Crippen LogP contribution in [-0.2, 0) is 14.3 Å². The molecule has 0 aromatic rings. The molecule has 0 aliphatic carbocycles. The molecule has 18 heavy (non-hydrogen) atoms. The summed E-state index contributed by atoms with van der Waals surface area (Å²) in [5.41, 5.74) is 6.50. The summed E-state index contributed by atoms with van der Waals surface area (Å²) in [6, 6.07) is -0.999. The molecule has 7 heteroatoms. The lowest BCUT2D eigenvalue weighted by atomic mass is 9.94. The molecular weight excluding hydrogens is 256 g/mol. The van der Waals surface area contributed by atoms with E-state index in [9.17, 15) is 14.7 Å². The molecule has 3 N–H and O–H groups in total. The maximum Gasteiger partial charge on any atom is 0.332 e. The van der Waals surface area contributed by atoms with Crippen LogP contribution in [0.25, 0.3) is 0 Å². The Morgan fingerprint density at radius 3 is 2.67 bits per heavy atom. The van der Waals surface area contributed by atoms with Gasteiger partial charge in [0.05, 0.1) is 18.5 Å². The van der Waals surface area contributed by atoms with Crippen molar-refractivity contribution in [3.63, 3.8) is 0 Å². The lowest BCUT2D eigenvalue weighted by Crippen LogP contribution is -2.62. The number of fused-ring (bicyclic) bond motifs is 1. The molecule has 3 atom stereocenters. The van der Waals surface area contributed by atoms with E-state index in [4.69, 9.17) is 5.73 Å². The van der Waals surface area contributed by atoms with Gasteiger partial charge in [0.1, 0.15) is 6.04 Å². The van der Waals surface area contributed by atoms with Gasteiger partial charge in [-0.3, -0.25) is 0 Å². The minimum Gasteiger partial charge on any atom is -0.480 e. The largest absolute Gasteiger partial charge is 0.480 e. The molecule has 2 saturated heterocycles. The Balaban J connectivity index is 2.32. The smallest absolute Gasteiger partial charge is 0.332 e. The van der Waals surface area contributed by atoms with Gasteiger partial charge in [0.2, 0.25) is 0 Å². The molecule has 2 rings (SSSR count). The standard InChI is InChI=1S/C11H16N2O4S/c1-11(2)8(10(15)16)13-5(4-6(14)17-3)7(12)9(13)18-11/h4,7-9H,12H2,1-3H3,(H,15,16)/t7-,8+,9?/m1/s1. The van der Waals surface area contributed by atoms with Gasteiger partial charge in [0.15, 0.2) is 0 Å². The predicted octanol–water partition coefficient (Wildman–Crippen LogP) is -0.00910. The molecule has 100 valence electrons. The Hall–Kier alpha value is -1.21. The third-order valence-corrected chi connectivity index (χ3v) is 4.88. The number of carbonyl (C=O) groups is 2. The van der Waals surface area contributed by atoms with Gasteiger partial charge < -0.3 is 20.5 Å². The number of methoxy groups -OCH3 is 1. The van der Waals surface area contributed by atoms with Crippen LogP contribution in [0.2, 0.25) is 0 Å². The van der Waals surface area contributed by atoms with Gasteiger partial charge in [0.25, 0.3) is 0 Å². The molecule has 0 saturated carbocycles. The van der Waals surface area contributed by atoms with Crippen molar-refractivity contribution < 1.29 is 19.4 Å². The van der Waals surface area contributed by atoms with Gasteiger partial charge in [-0.05, 0) is 13.8 Å². The van der Waals surface area contributed by atoms with E-state index in [0.717, 1.165) is 0 Å². The Bertz CT molecular complexity index is 435. The first-order chi connectivity index (χ1) is 8.29. The van der Waals surface area contributed by atoms with Crippen LogP contribution < -0.4 is 5.73 Å². The second-order valence-corrected chi connectivity index (χ2v) is 6.65. The van der Waals surface area contributed by atoms with Crippen LogP contribution in [0.3, 0.4) is 0 Å². The minimum atomic E-state index is -0.905. The fourth-order valence-corrected chi connectivity index (χ4v) is 4.07. The lowest BCUT2D eigenvalue weighted by molar-refractivity contribution is -0.144. The van der Waals surface area contributed by atoms with Gasteiger partial charge in [-0.15, -0.1) is 11.8 Å². The monoisotopic (exact) mass is 272 g/mol. The highest BCUT2D eigenvalue weighted by Gasteiger charge is 2.60. The maximum absolute atomic E-state index is 11.4. The number of carboxylic acid groups (broad SMARTS) is 1. The maximum atomic E-state index is 11.4. The van der Waals surface area contributed by atoms with Crippen molar-refractivity contribution in [1.82, 2.24) is 4.90 Å². The average molecular weight is 272 g/mol. The van der Waals surface area contributed by atoms with Crippen molar-refractivity contribution in [2.75, 3.05) is 7.11 Å². The van der Waals surface area contributed by atoms with Gasteiger partial charge in [-0.1, -0.05) is 0 Å². The molecule has 6 nitrogen and oxygen atoms in total. The second-order valence-electron chi connectivity index (χ2n) is 4.88. The van der Waals surface area contributed by atoms with E-state index in [-0.39, 0.29) is 11.4 Å². The molecule has 0 aromatic heterocycles. The number of carboxylic acids is 1. The van der Waals surface area contributed by atoms with E-state index in [1.807, 2.05) is 13.8 Å². The number of ether oxygens (including phenoxy) is 1. The van der Waals surface area contributed by atoms with E-state index in [1.54, 1.807) is 4.90 Å². The van der Waals surface area contributed by atoms with Crippen LogP contribution in [-0.4, -0.2) is 51.3 Å². The summed E-state index contributed by atoms with van der Waals surface area (Å²) in [5, 5.41) is 9.24. The molecule has 2 aliphatic heterocycles. The van der Waals surface area contributed by atoms with Crippen LogP contribution in [0.5, 0.6) is 0 Å². The Kier molecular flexibility index (Phi) is 3.06. The van der Waals surface area contributed by atoms with E-state index < -0.39 is 22.7 Å². The van der Waals surface area contributed by atoms with Crippen molar-refractivity contribution in [2.24, 2.45) is 5.73 Å². The molecule has 2 heterocycles. The zero-order chi connectivity index (χ0) is 13.7. The van der Waals surface area contributed by atoms with Crippen LogP contribution in [0.4, 0.5) is 0 Å². The lowest BCUT2D eigenvalue weighted by Gasteiger charge is -2.46. The number of esters is 1. The van der Waals surface area contributed by atoms with Gasteiger partial charge in [0, 0.05) is 16.5 Å². The number of aliphatic carboxylic acids is 1. The summed E-state index contributed by atoms with van der Waals surface area (Å²) in [5.74, 6) is -1.42. The van der Waals surface area contributed by atoms with Gasteiger partial charge in [-0.2, -0.15) is 0 Å². The minimum absolute atomic E-state index is 0.0861. The summed E-state index contributed by atoms with van der Waals surface area (Å²) in [6.45, 7) is 3.74. The fourth-order valence-electron chi connectivity index (χ4n) is 2.46. The third-order valence-electron chi connectivity index (χ3n) is 3.28. The Morgan fingerprint density at radius 2 is 2.17 bits per heavy atom. The number of hydrogen-bond donors (Lipinski definition) is 2. The Labute approximate surface area is 109 Å². The van der Waals surface area contributed by atoms with Crippen molar-refractivity contribution in [2.45, 2.75) is 36.1 Å². The molecule has 0 spiro atoms. The van der Waals surface area contributed by atoms with Crippen molar-refractivity contribution in [1.29, 1.82) is 0 Å². The summed E-state index contributed by atoms with van der Waals surface area (Å²) in [6.07, 6.45) is 1.28. The van der Waals surface area contributed by atoms with Crippen molar-refractivity contribution in [3.05, 3.63) is 11.8 Å². The first-order valence-corrected chi connectivity index (χ1v) is 6.41. The van der Waals surface area contributed by atoms with E-state index >= 15 is 0 Å². The van der Waals surface area contributed by atoms with Gasteiger partial charge in [-0.25, -0.2) is 9.59 Å². The van der Waals surface area contributed by atoms with Crippen LogP contribution >= 0.6 is 11.8 Å². The molecule has 2 aliphatic rings. The fraction of sp³-hybridized carbons (Fsp3) is 0.636. The molecular formula is C11H16N2O4S. The normalized spacial score (nSPS) is 35.0. The highest BCUT2D eigenvalue weighted by Crippen LogP contribution is 2.53. The van der Waals surface area contributed by atoms with E-state index in [2.05, 4.69) is 4.74 Å². The van der Waals surface area contributed by atoms with Crippen LogP contribution in [0.15, 0.2) is 11.8 Å². The first kappa shape index (κ1) is 13.2. The molecule has 0 bridgehead atoms. The second kappa shape index (κ2) is 4.17. The van der Waals surface area contributed by atoms with Crippen LogP contribution in [0.1, 0.15) is 13.8 Å². The number of carbonyl (C=O) groups excluding carboxylic acids is 1. The Morgan fingerprint density at radius 1 is 1.56 bits per heavy atom. The average Bonchev–Trinajstić information content (AvgIpc) is 2.54. The van der Waals surface area contributed by atoms with E-state index in [0.29, 0.717) is 5.70 Å². The zero-order valence-electron chi connectivity index (χ0n) is 10.4. The molecule has 0 aromatic carbocycles. The SMILES string of the molecule is COC(=O)C=C1[C@@H](N)C2SC(C)(C)[C@H](C(=O)O)N12. The molecule has 0 amide bonds. The zero-order valence-corrected chi connectivity index (χ0v) is 11.2. The van der Waals surface area contributed by atoms with Gasteiger partial charge >= 0.3 is 11.9 Å². The topological polar surface area (TPSA) is 92.9 Å². The number of hydrogen-bond acceptors (Lipinski definition) is 6. The first-order valence-electron chi connectivity index (χ1n) is 5.53. The van der Waals surface area contributed by atoms with Crippen molar-refractivity contribution in [3.8, 4) is 0 Å². The summed E-state index contributed by atoms with van der Waals surface area (Å²) < 4.78 is 4.10. The van der Waals surface area contributed by atoms with E-state index in [1.165, 1.54) is 24.9 Å². The number of nitrogens with two attached hydrogens (primary N) is 1. The number of nitrogens with zero attached hydrogens (tertiary/aromatic N) is 1. The summed E-state index contributed by atoms with van der Waals surface area (Å²) >= 11 is 1.53. The predicted molar refractivity (Wildman–Crippen MR) is 66.8 cm³/mol. The molecule has 1 unspecified atom stereocenters. The van der Waals surface area contributed by atoms with Crippen LogP contribution in [0, 0.1) is 0 Å².